The van der Waals surface area contributed by atoms with E-state index < -0.39 is 0 Å². The Kier molecular flexibility index (Phi) is 5.55. The molecule has 168 valence electrons. The van der Waals surface area contributed by atoms with Gasteiger partial charge in [-0.15, -0.1) is 0 Å². The largest absolute Gasteiger partial charge is 0.332 e. The quantitative estimate of drug-likeness (QED) is 0.285. The van der Waals surface area contributed by atoms with Crippen LogP contribution in [0.5, 0.6) is 0 Å². The molecule has 0 spiro atoms. The predicted octanol–water partition coefficient (Wildman–Crippen LogP) is 7.01. The van der Waals surface area contributed by atoms with E-state index in [1.165, 1.54) is 34.8 Å². The van der Waals surface area contributed by atoms with Crippen LogP contribution in [0.4, 0.5) is 0 Å². The summed E-state index contributed by atoms with van der Waals surface area (Å²) in [4.78, 5) is 21.9. The number of hydrogen-bond donors (Lipinski definition) is 1. The van der Waals surface area contributed by atoms with Crippen LogP contribution in [-0.2, 0) is 12.8 Å². The van der Waals surface area contributed by atoms with Crippen LogP contribution in [0.1, 0.15) is 28.9 Å². The molecule has 3 aromatic carbocycles. The summed E-state index contributed by atoms with van der Waals surface area (Å²) in [6.07, 6.45) is 4.36. The minimum absolute atomic E-state index is 0.114. The van der Waals surface area contributed by atoms with Crippen molar-refractivity contribution in [2.45, 2.75) is 30.8 Å². The van der Waals surface area contributed by atoms with Gasteiger partial charge in [0.2, 0.25) is 5.91 Å². The highest BCUT2D eigenvalue weighted by Crippen LogP contribution is 2.34. The van der Waals surface area contributed by atoms with Crippen molar-refractivity contribution in [1.82, 2.24) is 14.5 Å². The number of imidazole rings is 1. The lowest BCUT2D eigenvalue weighted by atomic mass is 9.96. The standard InChI is InChI=1S/C29H25N3OS/c33-26(32-24-17-9-7-15-22(24)23-16-8-10-18-25(23)32)19-34-29-30-27(20-11-3-1-4-12-20)28(31-29)21-13-5-2-6-14-21/h1-7,9,11-15,17H,8,10,16,18-19H2,(H,30,31). The monoisotopic (exact) mass is 463 g/mol. The first-order valence-corrected chi connectivity index (χ1v) is 12.8. The molecular weight excluding hydrogens is 438 g/mol. The maximum Gasteiger partial charge on any atom is 0.241 e. The van der Waals surface area contributed by atoms with E-state index in [4.69, 9.17) is 4.98 Å². The van der Waals surface area contributed by atoms with E-state index in [2.05, 4.69) is 47.4 Å². The van der Waals surface area contributed by atoms with Crippen LogP contribution in [0, 0.1) is 0 Å². The van der Waals surface area contributed by atoms with Crippen LogP contribution in [0.25, 0.3) is 33.4 Å². The fourth-order valence-electron chi connectivity index (χ4n) is 5.01. The van der Waals surface area contributed by atoms with Crippen LogP contribution in [0.2, 0.25) is 0 Å². The van der Waals surface area contributed by atoms with Crippen LogP contribution < -0.4 is 0 Å². The number of aromatic nitrogens is 3. The number of thioether (sulfide) groups is 1. The minimum Gasteiger partial charge on any atom is -0.332 e. The topological polar surface area (TPSA) is 50.7 Å². The van der Waals surface area contributed by atoms with Gasteiger partial charge in [-0.3, -0.25) is 9.36 Å². The highest BCUT2D eigenvalue weighted by Gasteiger charge is 2.23. The number of fused-ring (bicyclic) bond motifs is 3. The van der Waals surface area contributed by atoms with E-state index in [0.717, 1.165) is 52.5 Å². The number of benzene rings is 3. The molecule has 4 nitrogen and oxygen atoms in total. The Balaban J connectivity index is 1.33. The lowest BCUT2D eigenvalue weighted by Gasteiger charge is -2.14. The zero-order valence-corrected chi connectivity index (χ0v) is 19.6. The maximum absolute atomic E-state index is 13.5. The molecule has 6 rings (SSSR count). The van der Waals surface area contributed by atoms with Gasteiger partial charge in [-0.05, 0) is 37.3 Å². The number of nitrogens with one attached hydrogen (secondary N) is 1. The maximum atomic E-state index is 13.5. The van der Waals surface area contributed by atoms with Crippen LogP contribution in [0.3, 0.4) is 0 Å². The third-order valence-corrected chi connectivity index (χ3v) is 7.41. The fraction of sp³-hybridized carbons (Fsp3) is 0.172. The van der Waals surface area contributed by atoms with Gasteiger partial charge in [0.1, 0.15) is 0 Å². The molecule has 0 amide bonds. The van der Waals surface area contributed by atoms with Gasteiger partial charge in [-0.25, -0.2) is 4.98 Å². The number of H-pyrrole nitrogens is 1. The molecule has 0 saturated carbocycles. The number of aryl methyl sites for hydroxylation is 1. The molecule has 0 unspecified atom stereocenters. The van der Waals surface area contributed by atoms with E-state index >= 15 is 0 Å². The molecule has 0 bridgehead atoms. The Morgan fingerprint density at radius 3 is 2.32 bits per heavy atom. The van der Waals surface area contributed by atoms with Crippen molar-refractivity contribution >= 4 is 28.6 Å². The average molecular weight is 464 g/mol. The van der Waals surface area contributed by atoms with Crippen molar-refractivity contribution in [3.8, 4) is 22.5 Å². The first-order chi connectivity index (χ1) is 16.8. The lowest BCUT2D eigenvalue weighted by Crippen LogP contribution is -2.18. The first-order valence-electron chi connectivity index (χ1n) is 11.8. The molecule has 5 aromatic rings. The molecule has 0 radical (unpaired) electrons. The normalized spacial score (nSPS) is 13.2. The molecule has 0 aliphatic heterocycles. The molecular formula is C29H25N3OS. The van der Waals surface area contributed by atoms with E-state index in [9.17, 15) is 4.79 Å². The molecule has 2 aromatic heterocycles. The Bertz CT molecular complexity index is 1410. The van der Waals surface area contributed by atoms with Crippen molar-refractivity contribution in [2.24, 2.45) is 0 Å². The summed E-state index contributed by atoms with van der Waals surface area (Å²) in [7, 11) is 0. The molecule has 2 heterocycles. The summed E-state index contributed by atoms with van der Waals surface area (Å²) in [6.45, 7) is 0. The second-order valence-electron chi connectivity index (χ2n) is 8.66. The van der Waals surface area contributed by atoms with Gasteiger partial charge < -0.3 is 4.98 Å². The molecule has 1 aliphatic carbocycles. The van der Waals surface area contributed by atoms with Crippen LogP contribution >= 0.6 is 11.8 Å². The molecule has 34 heavy (non-hydrogen) atoms. The Morgan fingerprint density at radius 1 is 0.853 bits per heavy atom. The fourth-order valence-corrected chi connectivity index (χ4v) is 5.73. The zero-order chi connectivity index (χ0) is 22.9. The number of rotatable bonds is 5. The van der Waals surface area contributed by atoms with Gasteiger partial charge in [0.05, 0.1) is 22.7 Å². The average Bonchev–Trinajstić information content (AvgIpc) is 3.48. The van der Waals surface area contributed by atoms with Crippen LogP contribution in [0.15, 0.2) is 90.1 Å². The third kappa shape index (κ3) is 3.76. The van der Waals surface area contributed by atoms with Gasteiger partial charge in [0.15, 0.2) is 5.16 Å². The first kappa shape index (κ1) is 21.0. The van der Waals surface area contributed by atoms with Gasteiger partial charge >= 0.3 is 0 Å². The second-order valence-corrected chi connectivity index (χ2v) is 9.63. The Labute approximate surface area is 203 Å². The molecule has 0 saturated heterocycles. The summed E-state index contributed by atoms with van der Waals surface area (Å²) in [6, 6.07) is 28.7. The van der Waals surface area contributed by atoms with Crippen molar-refractivity contribution in [2.75, 3.05) is 5.75 Å². The van der Waals surface area contributed by atoms with Crippen molar-refractivity contribution in [3.05, 3.63) is 96.2 Å². The third-order valence-electron chi connectivity index (χ3n) is 6.55. The summed E-state index contributed by atoms with van der Waals surface area (Å²) in [5, 5.41) is 1.99. The smallest absolute Gasteiger partial charge is 0.241 e. The van der Waals surface area contributed by atoms with Crippen molar-refractivity contribution in [1.29, 1.82) is 0 Å². The highest BCUT2D eigenvalue weighted by molar-refractivity contribution is 7.99. The predicted molar refractivity (Wildman–Crippen MR) is 139 cm³/mol. The summed E-state index contributed by atoms with van der Waals surface area (Å²) in [5.41, 5.74) is 7.62. The van der Waals surface area contributed by atoms with Gasteiger partial charge in [-0.1, -0.05) is 90.6 Å². The number of hydrogen-bond acceptors (Lipinski definition) is 3. The Morgan fingerprint density at radius 2 is 1.53 bits per heavy atom. The SMILES string of the molecule is O=C(CSc1nc(-c2ccccc2)c(-c2ccccc2)[nH]1)n1c2c(c3ccccc31)CCCC2. The van der Waals surface area contributed by atoms with Crippen molar-refractivity contribution in [3.63, 3.8) is 0 Å². The van der Waals surface area contributed by atoms with Crippen molar-refractivity contribution < 1.29 is 4.79 Å². The van der Waals surface area contributed by atoms with E-state index in [-0.39, 0.29) is 5.91 Å². The lowest BCUT2D eigenvalue weighted by molar-refractivity contribution is 0.0943. The summed E-state index contributed by atoms with van der Waals surface area (Å²) >= 11 is 1.47. The molecule has 1 N–H and O–H groups in total. The van der Waals surface area contributed by atoms with Gasteiger partial charge in [-0.2, -0.15) is 0 Å². The molecule has 1 aliphatic rings. The molecule has 5 heteroatoms. The van der Waals surface area contributed by atoms with E-state index in [1.807, 2.05) is 47.0 Å². The number of carbonyl (C=O) groups is 1. The van der Waals surface area contributed by atoms with E-state index in [1.54, 1.807) is 0 Å². The number of nitrogens with zero attached hydrogens (tertiary/aromatic N) is 2. The molecule has 0 atom stereocenters. The van der Waals surface area contributed by atoms with Gasteiger partial charge in [0, 0.05) is 22.2 Å². The van der Waals surface area contributed by atoms with Crippen LogP contribution in [-0.4, -0.2) is 26.2 Å². The number of carbonyl (C=O) groups excluding carboxylic acids is 1. The van der Waals surface area contributed by atoms with E-state index in [0.29, 0.717) is 5.75 Å². The summed E-state index contributed by atoms with van der Waals surface area (Å²) < 4.78 is 1.97. The number of para-hydroxylation sites is 1. The minimum atomic E-state index is 0.114. The summed E-state index contributed by atoms with van der Waals surface area (Å²) in [5.74, 6) is 0.449. The van der Waals surface area contributed by atoms with Gasteiger partial charge in [0.25, 0.3) is 0 Å². The second kappa shape index (κ2) is 8.99. The number of aromatic amines is 1. The Hall–Kier alpha value is -3.57. The highest BCUT2D eigenvalue weighted by atomic mass is 32.2. The molecule has 0 fully saturated rings. The zero-order valence-electron chi connectivity index (χ0n) is 18.8.